The first kappa shape index (κ1) is 14.2. The van der Waals surface area contributed by atoms with Gasteiger partial charge in [-0.2, -0.15) is 0 Å². The molecule has 0 bridgehead atoms. The molecule has 0 unspecified atom stereocenters. The Hall–Kier alpha value is -0.180. The molecule has 0 atom stereocenters. The smallest absolute Gasteiger partial charge is 0.215 e. The summed E-state index contributed by atoms with van der Waals surface area (Å²) < 4.78 is 48.3. The molecule has 1 aliphatic carbocycles. The van der Waals surface area contributed by atoms with Gasteiger partial charge < -0.3 is 5.32 Å². The first-order valence-corrected chi connectivity index (χ1v) is 9.74. The zero-order valence-corrected chi connectivity index (χ0v) is 12.0. The van der Waals surface area contributed by atoms with E-state index in [9.17, 15) is 16.8 Å². The van der Waals surface area contributed by atoms with Gasteiger partial charge in [0.1, 0.15) is 0 Å². The molecule has 106 valence electrons. The van der Waals surface area contributed by atoms with Crippen molar-refractivity contribution >= 4 is 19.9 Å². The lowest BCUT2D eigenvalue weighted by Crippen LogP contribution is -2.38. The van der Waals surface area contributed by atoms with Crippen molar-refractivity contribution in [3.05, 3.63) is 0 Å². The zero-order chi connectivity index (χ0) is 13.2. The van der Waals surface area contributed by atoms with Crippen LogP contribution in [0.5, 0.6) is 0 Å². The molecule has 0 radical (unpaired) electrons. The lowest BCUT2D eigenvalue weighted by molar-refractivity contribution is 0.433. The van der Waals surface area contributed by atoms with E-state index < -0.39 is 19.9 Å². The Balaban J connectivity index is 1.87. The van der Waals surface area contributed by atoms with Crippen LogP contribution in [0.3, 0.4) is 0 Å². The van der Waals surface area contributed by atoms with E-state index in [2.05, 4.69) is 5.32 Å². The van der Waals surface area contributed by atoms with Crippen LogP contribution in [0.4, 0.5) is 0 Å². The number of sulfonamides is 1. The highest BCUT2D eigenvalue weighted by Gasteiger charge is 2.28. The molecule has 18 heavy (non-hydrogen) atoms. The highest BCUT2D eigenvalue weighted by molar-refractivity contribution is 7.91. The maximum absolute atomic E-state index is 12.0. The van der Waals surface area contributed by atoms with Crippen molar-refractivity contribution < 1.29 is 16.8 Å². The van der Waals surface area contributed by atoms with Crippen LogP contribution in [0.2, 0.25) is 0 Å². The normalized spacial score (nSPS) is 25.8. The lowest BCUT2D eigenvalue weighted by atomic mass is 10.5. The molecular weight excluding hydrogens is 276 g/mol. The van der Waals surface area contributed by atoms with Crippen molar-refractivity contribution in [2.24, 2.45) is 0 Å². The van der Waals surface area contributed by atoms with Gasteiger partial charge in [-0.15, -0.1) is 0 Å². The van der Waals surface area contributed by atoms with Gasteiger partial charge in [-0.3, -0.25) is 0 Å². The van der Waals surface area contributed by atoms with Crippen molar-refractivity contribution in [3.8, 4) is 0 Å². The number of hydrogen-bond acceptors (Lipinski definition) is 5. The predicted octanol–water partition coefficient (Wildman–Crippen LogP) is -0.811. The van der Waals surface area contributed by atoms with Crippen molar-refractivity contribution in [2.45, 2.75) is 25.3 Å². The van der Waals surface area contributed by atoms with E-state index in [-0.39, 0.29) is 23.8 Å². The third-order valence-electron chi connectivity index (χ3n) is 3.28. The minimum Gasteiger partial charge on any atom is -0.313 e. The Labute approximate surface area is 109 Å². The van der Waals surface area contributed by atoms with Crippen LogP contribution in [0.1, 0.15) is 19.3 Å². The van der Waals surface area contributed by atoms with Crippen molar-refractivity contribution in [2.75, 3.05) is 36.9 Å². The van der Waals surface area contributed by atoms with Crippen LogP contribution in [-0.4, -0.2) is 64.1 Å². The van der Waals surface area contributed by atoms with E-state index in [1.54, 1.807) is 0 Å². The molecule has 1 heterocycles. The molecule has 0 aromatic heterocycles. The molecule has 0 amide bonds. The Morgan fingerprint density at radius 2 is 1.89 bits per heavy atom. The summed E-state index contributed by atoms with van der Waals surface area (Å²) in [5, 5.41) is 3.16. The van der Waals surface area contributed by atoms with Gasteiger partial charge in [0.15, 0.2) is 9.84 Å². The van der Waals surface area contributed by atoms with Gasteiger partial charge in [0.05, 0.1) is 17.3 Å². The number of nitrogens with one attached hydrogen (secondary N) is 1. The summed E-state index contributed by atoms with van der Waals surface area (Å²) in [6.07, 6.45) is 2.65. The zero-order valence-electron chi connectivity index (χ0n) is 10.3. The summed E-state index contributed by atoms with van der Waals surface area (Å²) in [6, 6.07) is 0.490. The van der Waals surface area contributed by atoms with Gasteiger partial charge in [-0.25, -0.2) is 21.1 Å². The van der Waals surface area contributed by atoms with Gasteiger partial charge in [0.25, 0.3) is 0 Å². The van der Waals surface area contributed by atoms with Crippen molar-refractivity contribution in [1.29, 1.82) is 0 Å². The van der Waals surface area contributed by atoms with Crippen LogP contribution >= 0.6 is 0 Å². The van der Waals surface area contributed by atoms with Crippen LogP contribution in [0.15, 0.2) is 0 Å². The van der Waals surface area contributed by atoms with Crippen molar-refractivity contribution in [1.82, 2.24) is 9.62 Å². The molecule has 6 nitrogen and oxygen atoms in total. The summed E-state index contributed by atoms with van der Waals surface area (Å²) in [5.74, 6) is 0.102. The van der Waals surface area contributed by atoms with E-state index >= 15 is 0 Å². The minimum atomic E-state index is -3.32. The van der Waals surface area contributed by atoms with Gasteiger partial charge >= 0.3 is 0 Å². The number of rotatable bonds is 5. The largest absolute Gasteiger partial charge is 0.313 e. The third kappa shape index (κ3) is 4.18. The summed E-state index contributed by atoms with van der Waals surface area (Å²) >= 11 is 0. The molecule has 1 saturated heterocycles. The fourth-order valence-electron chi connectivity index (χ4n) is 2.00. The predicted molar refractivity (Wildman–Crippen MR) is 69.7 cm³/mol. The second-order valence-corrected chi connectivity index (χ2v) is 9.34. The molecule has 1 aliphatic heterocycles. The number of sulfone groups is 1. The monoisotopic (exact) mass is 296 g/mol. The van der Waals surface area contributed by atoms with Crippen LogP contribution in [0, 0.1) is 0 Å². The highest BCUT2D eigenvalue weighted by atomic mass is 32.2. The second-order valence-electron chi connectivity index (χ2n) is 4.95. The molecule has 0 spiro atoms. The molecular formula is C10H20N2O4S2. The highest BCUT2D eigenvalue weighted by Crippen LogP contribution is 2.18. The second kappa shape index (κ2) is 5.44. The molecule has 2 aliphatic rings. The molecule has 2 fully saturated rings. The molecule has 8 heteroatoms. The fourth-order valence-corrected chi connectivity index (χ4v) is 4.80. The number of hydrogen-bond donors (Lipinski definition) is 1. The molecule has 2 rings (SSSR count). The van der Waals surface area contributed by atoms with Crippen LogP contribution in [0.25, 0.3) is 0 Å². The third-order valence-corrected chi connectivity index (χ3v) is 6.87. The van der Waals surface area contributed by atoms with E-state index in [0.29, 0.717) is 25.6 Å². The Kier molecular flexibility index (Phi) is 4.30. The van der Waals surface area contributed by atoms with E-state index in [4.69, 9.17) is 0 Å². The van der Waals surface area contributed by atoms with E-state index in [0.717, 1.165) is 12.8 Å². The standard InChI is InChI=1S/C10H20N2O4S2/c13-17(14)7-1-5-12(6-9-17)18(15,16)8-4-11-10-2-3-10/h10-11H,1-9H2. The van der Waals surface area contributed by atoms with Crippen LogP contribution < -0.4 is 5.32 Å². The SMILES string of the molecule is O=S1(=O)CCCN(S(=O)(=O)CCNC2CC2)CC1. The Bertz CT molecular complexity index is 482. The van der Waals surface area contributed by atoms with Crippen molar-refractivity contribution in [3.63, 3.8) is 0 Å². The van der Waals surface area contributed by atoms with Gasteiger partial charge in [-0.1, -0.05) is 0 Å². The first-order chi connectivity index (χ1) is 8.39. The Morgan fingerprint density at radius 1 is 1.17 bits per heavy atom. The summed E-state index contributed by atoms with van der Waals surface area (Å²) in [5.41, 5.74) is 0. The van der Waals surface area contributed by atoms with Crippen LogP contribution in [-0.2, 0) is 19.9 Å². The fraction of sp³-hybridized carbons (Fsp3) is 1.00. The van der Waals surface area contributed by atoms with Gasteiger partial charge in [-0.05, 0) is 19.3 Å². The maximum Gasteiger partial charge on any atom is 0.215 e. The summed E-state index contributed by atoms with van der Waals surface area (Å²) in [4.78, 5) is 0. The lowest BCUT2D eigenvalue weighted by Gasteiger charge is -2.19. The molecule has 0 aromatic rings. The maximum atomic E-state index is 12.0. The minimum absolute atomic E-state index is 0.0533. The first-order valence-electron chi connectivity index (χ1n) is 6.31. The molecule has 1 saturated carbocycles. The number of nitrogens with zero attached hydrogens (tertiary/aromatic N) is 1. The van der Waals surface area contributed by atoms with Gasteiger partial charge in [0.2, 0.25) is 10.0 Å². The topological polar surface area (TPSA) is 83.6 Å². The van der Waals surface area contributed by atoms with E-state index in [1.807, 2.05) is 0 Å². The Morgan fingerprint density at radius 3 is 2.56 bits per heavy atom. The molecule has 0 aromatic carbocycles. The summed E-state index contributed by atoms with van der Waals surface area (Å²) in [6.45, 7) is 0.884. The molecule has 1 N–H and O–H groups in total. The average molecular weight is 296 g/mol. The van der Waals surface area contributed by atoms with E-state index in [1.165, 1.54) is 4.31 Å². The quantitative estimate of drug-likeness (QED) is 0.717. The average Bonchev–Trinajstić information content (AvgIpc) is 3.05. The summed E-state index contributed by atoms with van der Waals surface area (Å²) in [7, 11) is -6.38. The van der Waals surface area contributed by atoms with Gasteiger partial charge in [0, 0.05) is 25.7 Å².